The molecule has 0 heterocycles. The van der Waals surface area contributed by atoms with Crippen LogP contribution in [0.3, 0.4) is 0 Å². The number of hydrogen-bond acceptors (Lipinski definition) is 4. The van der Waals surface area contributed by atoms with Gasteiger partial charge in [-0.1, -0.05) is 116 Å². The minimum Gasteiger partial charge on any atom is -0.258 e. The molecular weight excluding hydrogens is 591 g/mol. The lowest BCUT2D eigenvalue weighted by atomic mass is 10.3. The fourth-order valence-corrected chi connectivity index (χ4v) is 4.04. The molecule has 0 aliphatic carbocycles. The van der Waals surface area contributed by atoms with Crippen molar-refractivity contribution in [1.29, 1.82) is 0 Å². The summed E-state index contributed by atoms with van der Waals surface area (Å²) in [6.45, 7) is 0. The molecule has 0 N–H and O–H groups in total. The molecule has 28 heavy (non-hydrogen) atoms. The summed E-state index contributed by atoms with van der Waals surface area (Å²) in [6.07, 6.45) is 0. The molecular formula is C12Cl10N2O4. The maximum Gasteiger partial charge on any atom is 0.309 e. The van der Waals surface area contributed by atoms with Gasteiger partial charge in [0, 0.05) is 0 Å². The Balaban J connectivity index is 0.000000280. The minimum atomic E-state index is -0.779. The van der Waals surface area contributed by atoms with Crippen LogP contribution in [0.5, 0.6) is 0 Å². The van der Waals surface area contributed by atoms with Gasteiger partial charge in [-0.25, -0.2) is 0 Å². The number of benzene rings is 2. The molecule has 0 radical (unpaired) electrons. The van der Waals surface area contributed by atoms with E-state index in [1.807, 2.05) is 0 Å². The number of nitrogens with zero attached hydrogens (tertiary/aromatic N) is 2. The van der Waals surface area contributed by atoms with Crippen LogP contribution in [0.1, 0.15) is 0 Å². The number of rotatable bonds is 2. The topological polar surface area (TPSA) is 86.3 Å². The lowest BCUT2D eigenvalue weighted by Crippen LogP contribution is -1.92. The first kappa shape index (κ1) is 26.2. The summed E-state index contributed by atoms with van der Waals surface area (Å²) in [5, 5.41) is 18.8. The standard InChI is InChI=1S/2C6Cl5NO2/c2*7-1-2(8)4(10)6(12(13)14)5(11)3(1)9. The van der Waals surface area contributed by atoms with Gasteiger partial charge in [0.1, 0.15) is 20.1 Å². The zero-order valence-corrected chi connectivity index (χ0v) is 19.9. The van der Waals surface area contributed by atoms with Crippen LogP contribution in [0.2, 0.25) is 50.2 Å². The van der Waals surface area contributed by atoms with Gasteiger partial charge in [-0.15, -0.1) is 0 Å². The Morgan fingerprint density at radius 2 is 0.536 bits per heavy atom. The highest BCUT2D eigenvalue weighted by Crippen LogP contribution is 2.48. The predicted molar refractivity (Wildman–Crippen MR) is 116 cm³/mol. The van der Waals surface area contributed by atoms with Crippen molar-refractivity contribution in [2.24, 2.45) is 0 Å². The second kappa shape index (κ2) is 10.4. The Labute approximate surface area is 206 Å². The number of halogens is 10. The number of nitro benzene ring substituents is 2. The summed E-state index contributed by atoms with van der Waals surface area (Å²) < 4.78 is 0. The molecule has 0 aliphatic rings. The SMILES string of the molecule is O=[N+]([O-])c1c(Cl)c(Cl)c(Cl)c(Cl)c1Cl.O=[N+]([O-])c1c(Cl)c(Cl)c(Cl)c(Cl)c1Cl. The van der Waals surface area contributed by atoms with Crippen LogP contribution in [-0.2, 0) is 0 Å². The molecule has 152 valence electrons. The zero-order chi connectivity index (χ0) is 22.1. The third kappa shape index (κ3) is 5.24. The first-order chi connectivity index (χ1) is 12.7. The van der Waals surface area contributed by atoms with Crippen LogP contribution in [0.4, 0.5) is 11.4 Å². The van der Waals surface area contributed by atoms with Gasteiger partial charge < -0.3 is 0 Å². The summed E-state index contributed by atoms with van der Waals surface area (Å²) in [7, 11) is 0. The van der Waals surface area contributed by atoms with Crippen molar-refractivity contribution in [3.8, 4) is 0 Å². The normalized spacial score (nSPS) is 10.4. The van der Waals surface area contributed by atoms with Gasteiger partial charge in [0.05, 0.1) is 40.0 Å². The van der Waals surface area contributed by atoms with Crippen LogP contribution in [-0.4, -0.2) is 9.85 Å². The van der Waals surface area contributed by atoms with Crippen LogP contribution in [0, 0.1) is 20.2 Å². The van der Waals surface area contributed by atoms with E-state index in [4.69, 9.17) is 116 Å². The van der Waals surface area contributed by atoms with Crippen molar-refractivity contribution in [1.82, 2.24) is 0 Å². The Kier molecular flexibility index (Phi) is 9.76. The first-order valence-corrected chi connectivity index (χ1v) is 9.85. The third-order valence-corrected chi connectivity index (χ3v) is 7.25. The van der Waals surface area contributed by atoms with E-state index in [0.29, 0.717) is 0 Å². The molecule has 0 amide bonds. The summed E-state index contributed by atoms with van der Waals surface area (Å²) in [5.74, 6) is 0. The van der Waals surface area contributed by atoms with Crippen LogP contribution in [0.25, 0.3) is 0 Å². The molecule has 0 unspecified atom stereocenters. The number of hydrogen-bond donors (Lipinski definition) is 0. The van der Waals surface area contributed by atoms with Crippen molar-refractivity contribution in [2.45, 2.75) is 0 Å². The van der Waals surface area contributed by atoms with E-state index in [-0.39, 0.29) is 50.2 Å². The molecule has 2 aromatic rings. The quantitative estimate of drug-likeness (QED) is 0.151. The molecule has 2 rings (SSSR count). The summed E-state index contributed by atoms with van der Waals surface area (Å²) in [6, 6.07) is 0. The second-order valence-corrected chi connectivity index (χ2v) is 8.13. The smallest absolute Gasteiger partial charge is 0.258 e. The Hall–Kier alpha value is 0.140. The van der Waals surface area contributed by atoms with E-state index in [1.54, 1.807) is 0 Å². The third-order valence-electron chi connectivity index (χ3n) is 2.74. The van der Waals surface area contributed by atoms with Gasteiger partial charge in [-0.3, -0.25) is 20.2 Å². The van der Waals surface area contributed by atoms with Gasteiger partial charge in [0.2, 0.25) is 0 Å². The maximum absolute atomic E-state index is 10.5. The van der Waals surface area contributed by atoms with E-state index in [0.717, 1.165) is 0 Å². The van der Waals surface area contributed by atoms with Gasteiger partial charge >= 0.3 is 11.4 Å². The molecule has 0 aromatic heterocycles. The highest BCUT2D eigenvalue weighted by atomic mass is 35.5. The van der Waals surface area contributed by atoms with Crippen molar-refractivity contribution in [3.63, 3.8) is 0 Å². The minimum absolute atomic E-state index is 0.103. The van der Waals surface area contributed by atoms with Crippen molar-refractivity contribution >= 4 is 127 Å². The predicted octanol–water partition coefficient (Wildman–Crippen LogP) is 9.72. The lowest BCUT2D eigenvalue weighted by Gasteiger charge is -2.05. The zero-order valence-electron chi connectivity index (χ0n) is 12.3. The average molecular weight is 591 g/mol. The van der Waals surface area contributed by atoms with E-state index < -0.39 is 21.2 Å². The number of nitro groups is 2. The van der Waals surface area contributed by atoms with Crippen molar-refractivity contribution < 1.29 is 9.85 Å². The molecule has 0 saturated carbocycles. The highest BCUT2D eigenvalue weighted by Gasteiger charge is 2.28. The Morgan fingerprint density at radius 3 is 0.679 bits per heavy atom. The average Bonchev–Trinajstić information content (AvgIpc) is 2.61. The molecule has 0 bridgehead atoms. The van der Waals surface area contributed by atoms with Crippen LogP contribution >= 0.6 is 116 Å². The van der Waals surface area contributed by atoms with Crippen molar-refractivity contribution in [3.05, 3.63) is 70.5 Å². The highest BCUT2D eigenvalue weighted by molar-refractivity contribution is 6.57. The van der Waals surface area contributed by atoms with Gasteiger partial charge in [0.25, 0.3) is 0 Å². The molecule has 16 heteroatoms. The molecule has 0 saturated heterocycles. The molecule has 0 fully saturated rings. The molecule has 6 nitrogen and oxygen atoms in total. The molecule has 0 atom stereocenters. The maximum atomic E-state index is 10.5. The Bertz CT molecular complexity index is 860. The van der Waals surface area contributed by atoms with Crippen LogP contribution < -0.4 is 0 Å². The summed E-state index contributed by atoms with van der Waals surface area (Å²) >= 11 is 55.9. The second-order valence-electron chi connectivity index (χ2n) is 4.35. The van der Waals surface area contributed by atoms with E-state index in [2.05, 4.69) is 0 Å². The summed E-state index contributed by atoms with van der Waals surface area (Å²) in [5.41, 5.74) is -1.10. The Morgan fingerprint density at radius 1 is 0.393 bits per heavy atom. The van der Waals surface area contributed by atoms with Gasteiger partial charge in [0.15, 0.2) is 0 Å². The van der Waals surface area contributed by atoms with Gasteiger partial charge in [-0.2, -0.15) is 0 Å². The monoisotopic (exact) mass is 586 g/mol. The largest absolute Gasteiger partial charge is 0.309 e. The fraction of sp³-hybridized carbons (Fsp3) is 0. The molecule has 0 spiro atoms. The first-order valence-electron chi connectivity index (χ1n) is 6.07. The van der Waals surface area contributed by atoms with Crippen molar-refractivity contribution in [2.75, 3.05) is 0 Å². The van der Waals surface area contributed by atoms with Crippen LogP contribution in [0.15, 0.2) is 0 Å². The van der Waals surface area contributed by atoms with E-state index in [1.165, 1.54) is 0 Å². The fourth-order valence-electron chi connectivity index (χ4n) is 1.51. The molecule has 2 aromatic carbocycles. The van der Waals surface area contributed by atoms with Gasteiger partial charge in [-0.05, 0) is 0 Å². The summed E-state index contributed by atoms with van der Waals surface area (Å²) in [4.78, 5) is 19.5. The lowest BCUT2D eigenvalue weighted by molar-refractivity contribution is -0.384. The van der Waals surface area contributed by atoms with E-state index >= 15 is 0 Å². The van der Waals surface area contributed by atoms with E-state index in [9.17, 15) is 20.2 Å². The molecule has 0 aliphatic heterocycles.